The molecule has 0 spiro atoms. The van der Waals surface area contributed by atoms with Crippen LogP contribution >= 0.6 is 23.2 Å². The number of amides is 3. The van der Waals surface area contributed by atoms with E-state index in [9.17, 15) is 19.2 Å². The van der Waals surface area contributed by atoms with Gasteiger partial charge in [0.05, 0.1) is 24.7 Å². The van der Waals surface area contributed by atoms with E-state index < -0.39 is 5.97 Å². The predicted octanol–water partition coefficient (Wildman–Crippen LogP) is 9.85. The molecule has 81 heavy (non-hydrogen) atoms. The molecule has 4 aromatic rings. The first-order valence-corrected chi connectivity index (χ1v) is 31.2. The minimum absolute atomic E-state index is 0.00657. The van der Waals surface area contributed by atoms with Crippen LogP contribution in [0.15, 0.2) is 109 Å². The van der Waals surface area contributed by atoms with E-state index in [2.05, 4.69) is 86.7 Å². The Balaban J connectivity index is 0.000000185. The number of halogens is 2. The first-order valence-electron chi connectivity index (χ1n) is 30.4. The van der Waals surface area contributed by atoms with Crippen LogP contribution in [0.3, 0.4) is 0 Å². The molecule has 15 heteroatoms. The standard InChI is InChI=1S/C33H45ClN4O2.C25H39ClN4O.C8H8O2/c1-25(2)37-22-29(27-11-13-28(34)14-12-27)30(23-37)32(40)36-17-19-38(20-18-36)33(15-7-4-8-16-33)24-35-31(39)21-26-9-5-3-6-10-26;1-19(2)29-16-22(20-6-8-21(26)9-7-20)23(17-29)24(31)28-12-14-30(15-13-28)25(18-27)10-4-3-5-11-25;9-8(10)6-7-4-2-1-3-5-7/h3,5-6,9-14,25,29-30H,4,7-8,15-24H2,1-2H3,(H,35,39);6-9,19,22-23H,3-5,10-18,27H2,1-2H3;1-5H,6H2,(H,9,10)/t29-,30+;22-,23+;/m00./s1. The summed E-state index contributed by atoms with van der Waals surface area (Å²) in [6, 6.07) is 36.1. The molecule has 4 atom stereocenters. The molecule has 2 saturated carbocycles. The highest BCUT2D eigenvalue weighted by atomic mass is 35.5. The van der Waals surface area contributed by atoms with Gasteiger partial charge in [-0.3, -0.25) is 38.8 Å². The topological polar surface area (TPSA) is 146 Å². The van der Waals surface area contributed by atoms with Gasteiger partial charge in [-0.2, -0.15) is 0 Å². The minimum Gasteiger partial charge on any atom is -0.481 e. The molecule has 0 radical (unpaired) electrons. The van der Waals surface area contributed by atoms with Gasteiger partial charge in [0, 0.05) is 137 Å². The van der Waals surface area contributed by atoms with Crippen molar-refractivity contribution < 1.29 is 24.3 Å². The third-order valence-corrected chi connectivity index (χ3v) is 19.4. The fourth-order valence-corrected chi connectivity index (χ4v) is 14.2. The lowest BCUT2D eigenvalue weighted by molar-refractivity contribution is -0.139. The average molecular weight is 1150 g/mol. The third-order valence-electron chi connectivity index (χ3n) is 18.9. The van der Waals surface area contributed by atoms with E-state index in [1.165, 1.54) is 62.5 Å². The molecular weight excluding hydrogens is 1060 g/mol. The zero-order valence-corrected chi connectivity index (χ0v) is 50.3. The van der Waals surface area contributed by atoms with Crippen LogP contribution in [0.2, 0.25) is 10.0 Å². The summed E-state index contributed by atoms with van der Waals surface area (Å²) in [5.74, 6) is 0.336. The predicted molar refractivity (Wildman–Crippen MR) is 327 cm³/mol. The Morgan fingerprint density at radius 2 is 0.914 bits per heavy atom. The Bertz CT molecular complexity index is 2600. The highest BCUT2D eigenvalue weighted by molar-refractivity contribution is 6.30. The number of hydrogen-bond acceptors (Lipinski definition) is 9. The van der Waals surface area contributed by atoms with Gasteiger partial charge in [-0.15, -0.1) is 0 Å². The molecule has 0 bridgehead atoms. The number of carboxylic acids is 1. The minimum atomic E-state index is -0.786. The van der Waals surface area contributed by atoms with Crippen molar-refractivity contribution in [2.75, 3.05) is 91.6 Å². The van der Waals surface area contributed by atoms with E-state index in [4.69, 9.17) is 34.0 Å². The fraction of sp³-hybridized carbons (Fsp3) is 0.576. The summed E-state index contributed by atoms with van der Waals surface area (Å²) >= 11 is 12.3. The molecule has 4 saturated heterocycles. The molecule has 4 aliphatic heterocycles. The van der Waals surface area contributed by atoms with Crippen molar-refractivity contribution in [2.45, 2.75) is 140 Å². The van der Waals surface area contributed by atoms with Gasteiger partial charge >= 0.3 is 5.97 Å². The highest BCUT2D eigenvalue weighted by Gasteiger charge is 2.46. The molecule has 4 heterocycles. The Morgan fingerprint density at radius 3 is 1.30 bits per heavy atom. The molecule has 3 amide bonds. The number of carbonyl (C=O) groups is 4. The van der Waals surface area contributed by atoms with E-state index >= 15 is 0 Å². The second-order valence-electron chi connectivity index (χ2n) is 24.5. The largest absolute Gasteiger partial charge is 0.481 e. The summed E-state index contributed by atoms with van der Waals surface area (Å²) in [7, 11) is 0. The van der Waals surface area contributed by atoms with Crippen LogP contribution < -0.4 is 11.1 Å². The van der Waals surface area contributed by atoms with Crippen LogP contribution in [0, 0.1) is 11.8 Å². The van der Waals surface area contributed by atoms with Gasteiger partial charge in [0.1, 0.15) is 0 Å². The molecule has 4 aromatic carbocycles. The summed E-state index contributed by atoms with van der Waals surface area (Å²) in [4.78, 5) is 64.9. The van der Waals surface area contributed by atoms with Gasteiger partial charge in [-0.25, -0.2) is 0 Å². The second kappa shape index (κ2) is 29.6. The number of benzene rings is 4. The van der Waals surface area contributed by atoms with Gasteiger partial charge < -0.3 is 26.0 Å². The normalized spacial score (nSPS) is 23.5. The smallest absolute Gasteiger partial charge is 0.307 e. The number of rotatable bonds is 15. The zero-order valence-electron chi connectivity index (χ0n) is 48.8. The van der Waals surface area contributed by atoms with E-state index in [0.29, 0.717) is 31.0 Å². The summed E-state index contributed by atoms with van der Waals surface area (Å²) in [6.45, 7) is 20.6. The lowest BCUT2D eigenvalue weighted by Gasteiger charge is -2.50. The van der Waals surface area contributed by atoms with Gasteiger partial charge in [-0.1, -0.05) is 147 Å². The Hall–Kier alpha value is -4.86. The lowest BCUT2D eigenvalue weighted by atomic mass is 9.79. The summed E-state index contributed by atoms with van der Waals surface area (Å²) < 4.78 is 0. The quantitative estimate of drug-likeness (QED) is 0.105. The van der Waals surface area contributed by atoms with Gasteiger partial charge in [-0.05, 0) is 99.9 Å². The van der Waals surface area contributed by atoms with E-state index in [-0.39, 0.29) is 53.0 Å². The van der Waals surface area contributed by atoms with Gasteiger partial charge in [0.25, 0.3) is 0 Å². The molecule has 6 fully saturated rings. The first kappa shape index (κ1) is 62.2. The number of piperazine rings is 2. The monoisotopic (exact) mass is 1150 g/mol. The number of nitrogens with two attached hydrogens (primary N) is 1. The van der Waals surface area contributed by atoms with E-state index in [0.717, 1.165) is 119 Å². The molecule has 0 aromatic heterocycles. The molecule has 2 aliphatic carbocycles. The third kappa shape index (κ3) is 16.5. The van der Waals surface area contributed by atoms with Crippen LogP contribution in [0.1, 0.15) is 126 Å². The number of aliphatic carboxylic acids is 1. The molecule has 440 valence electrons. The maximum atomic E-state index is 14.0. The highest BCUT2D eigenvalue weighted by Crippen LogP contribution is 2.40. The number of carboxylic acid groups (broad SMARTS) is 1. The molecular formula is C66H92Cl2N8O5. The van der Waals surface area contributed by atoms with Crippen molar-refractivity contribution in [3.05, 3.63) is 141 Å². The molecule has 13 nitrogen and oxygen atoms in total. The lowest BCUT2D eigenvalue weighted by Crippen LogP contribution is -2.63. The van der Waals surface area contributed by atoms with Crippen LogP contribution in [0.4, 0.5) is 0 Å². The summed E-state index contributed by atoms with van der Waals surface area (Å²) in [5, 5.41) is 13.1. The van der Waals surface area contributed by atoms with Gasteiger partial charge in [0.15, 0.2) is 0 Å². The number of hydrogen-bond donors (Lipinski definition) is 3. The molecule has 4 N–H and O–H groups in total. The number of nitrogens with zero attached hydrogens (tertiary/aromatic N) is 6. The maximum absolute atomic E-state index is 14.0. The zero-order chi connectivity index (χ0) is 57.5. The molecule has 10 rings (SSSR count). The number of likely N-dealkylation sites (tertiary alicyclic amines) is 2. The van der Waals surface area contributed by atoms with Crippen LogP contribution in [-0.4, -0.2) is 173 Å². The molecule has 6 aliphatic rings. The Labute approximate surface area is 493 Å². The van der Waals surface area contributed by atoms with E-state index in [1.54, 1.807) is 12.1 Å². The summed E-state index contributed by atoms with van der Waals surface area (Å²) in [5.41, 5.74) is 10.7. The fourth-order valence-electron chi connectivity index (χ4n) is 13.9. The SMILES string of the molecule is CC(C)N1C[C@@H](C(=O)N2CCN(C3(CN)CCCCC3)CC2)[C@H](c2ccc(Cl)cc2)C1.CC(C)N1C[C@@H](C(=O)N2CCN(C3(CNC(=O)Cc4ccccc4)CCCCC3)CC2)[C@H](c2ccc(Cl)cc2)C1.O=C(O)Cc1ccccc1. The van der Waals surface area contributed by atoms with Crippen molar-refractivity contribution in [2.24, 2.45) is 17.6 Å². The van der Waals surface area contributed by atoms with Crippen molar-refractivity contribution in [3.63, 3.8) is 0 Å². The van der Waals surface area contributed by atoms with Crippen molar-refractivity contribution in [1.82, 2.24) is 34.7 Å². The van der Waals surface area contributed by atoms with Crippen molar-refractivity contribution in [1.29, 1.82) is 0 Å². The molecule has 0 unspecified atom stereocenters. The Morgan fingerprint density at radius 1 is 0.531 bits per heavy atom. The van der Waals surface area contributed by atoms with Crippen LogP contribution in [0.25, 0.3) is 0 Å². The van der Waals surface area contributed by atoms with Crippen LogP contribution in [0.5, 0.6) is 0 Å². The van der Waals surface area contributed by atoms with Crippen molar-refractivity contribution in [3.8, 4) is 0 Å². The number of carbonyl (C=O) groups excluding carboxylic acids is 3. The Kier molecular flexibility index (Phi) is 22.7. The second-order valence-corrected chi connectivity index (χ2v) is 25.4. The van der Waals surface area contributed by atoms with Crippen LogP contribution in [-0.2, 0) is 32.0 Å². The van der Waals surface area contributed by atoms with Gasteiger partial charge in [0.2, 0.25) is 17.7 Å². The van der Waals surface area contributed by atoms with Crippen molar-refractivity contribution >= 4 is 46.9 Å². The average Bonchev–Trinajstić information content (AvgIpc) is 4.19. The summed E-state index contributed by atoms with van der Waals surface area (Å²) in [6.07, 6.45) is 12.7. The maximum Gasteiger partial charge on any atom is 0.307 e. The number of nitrogens with one attached hydrogen (secondary N) is 1. The first-order chi connectivity index (χ1) is 39.1. The van der Waals surface area contributed by atoms with E-state index in [1.807, 2.05) is 72.8 Å².